The first-order valence-corrected chi connectivity index (χ1v) is 11.7. The lowest BCUT2D eigenvalue weighted by molar-refractivity contribution is -0.146. The van der Waals surface area contributed by atoms with Crippen LogP contribution < -0.4 is 5.32 Å². The number of rotatable bonds is 15. The zero-order valence-electron chi connectivity index (χ0n) is 20.8. The summed E-state index contributed by atoms with van der Waals surface area (Å²) < 4.78 is 5.37. The van der Waals surface area contributed by atoms with Crippen molar-refractivity contribution in [3.63, 3.8) is 0 Å². The van der Waals surface area contributed by atoms with Gasteiger partial charge in [-0.15, -0.1) is 13.2 Å². The standard InChI is InChI=1S/C27H40N2O5/c1-6-8-15-25(32)34-20-23(27(3,4)5)28-26(33)22(12-7-2)18-24(31)29(16-17-30)19-21-13-10-9-11-14-21/h6-7,9-11,13-14,22-23,30H,1-2,8,12,15-20H2,3-5H3,(H,28,33). The van der Waals surface area contributed by atoms with Gasteiger partial charge in [0.2, 0.25) is 11.8 Å². The molecule has 34 heavy (non-hydrogen) atoms. The summed E-state index contributed by atoms with van der Waals surface area (Å²) in [6.07, 6.45) is 4.35. The van der Waals surface area contributed by atoms with E-state index in [2.05, 4.69) is 18.5 Å². The van der Waals surface area contributed by atoms with E-state index in [4.69, 9.17) is 4.74 Å². The molecule has 1 rings (SSSR count). The maximum Gasteiger partial charge on any atom is 0.306 e. The molecule has 0 aliphatic rings. The largest absolute Gasteiger partial charge is 0.463 e. The smallest absolute Gasteiger partial charge is 0.306 e. The third kappa shape index (κ3) is 10.8. The highest BCUT2D eigenvalue weighted by Crippen LogP contribution is 2.22. The van der Waals surface area contributed by atoms with Gasteiger partial charge in [0.05, 0.1) is 18.6 Å². The molecule has 0 aliphatic carbocycles. The average molecular weight is 473 g/mol. The Morgan fingerprint density at radius 1 is 1.15 bits per heavy atom. The number of benzene rings is 1. The summed E-state index contributed by atoms with van der Waals surface area (Å²) in [6.45, 7) is 13.6. The summed E-state index contributed by atoms with van der Waals surface area (Å²) in [5.74, 6) is -1.48. The van der Waals surface area contributed by atoms with Crippen LogP contribution in [0.3, 0.4) is 0 Å². The van der Waals surface area contributed by atoms with Crippen LogP contribution >= 0.6 is 0 Å². The molecule has 2 unspecified atom stereocenters. The second-order valence-electron chi connectivity index (χ2n) is 9.39. The van der Waals surface area contributed by atoms with Gasteiger partial charge >= 0.3 is 5.97 Å². The summed E-state index contributed by atoms with van der Waals surface area (Å²) in [6, 6.07) is 9.08. The zero-order chi connectivity index (χ0) is 25.6. The molecule has 1 aromatic carbocycles. The van der Waals surface area contributed by atoms with Crippen LogP contribution in [-0.4, -0.2) is 53.6 Å². The molecule has 7 nitrogen and oxygen atoms in total. The SMILES string of the molecule is C=CCCC(=O)OCC(NC(=O)C(CC=C)CC(=O)N(CCO)Cc1ccccc1)C(C)(C)C. The Morgan fingerprint density at radius 2 is 1.82 bits per heavy atom. The summed E-state index contributed by atoms with van der Waals surface area (Å²) in [5, 5.41) is 12.4. The van der Waals surface area contributed by atoms with E-state index in [0.29, 0.717) is 19.4 Å². The number of nitrogens with zero attached hydrogens (tertiary/aromatic N) is 1. The summed E-state index contributed by atoms with van der Waals surface area (Å²) in [7, 11) is 0. The predicted octanol–water partition coefficient (Wildman–Crippen LogP) is 3.63. The van der Waals surface area contributed by atoms with Gasteiger partial charge in [0.15, 0.2) is 0 Å². The molecule has 188 valence electrons. The van der Waals surface area contributed by atoms with Gasteiger partial charge in [0.1, 0.15) is 6.61 Å². The van der Waals surface area contributed by atoms with Gasteiger partial charge in [0.25, 0.3) is 0 Å². The third-order valence-electron chi connectivity index (χ3n) is 5.51. The number of hydrogen-bond acceptors (Lipinski definition) is 5. The fourth-order valence-electron chi connectivity index (χ4n) is 3.31. The number of allylic oxidation sites excluding steroid dienone is 2. The Labute approximate surface area is 203 Å². The number of aliphatic hydroxyl groups is 1. The van der Waals surface area contributed by atoms with Gasteiger partial charge in [-0.1, -0.05) is 63.3 Å². The van der Waals surface area contributed by atoms with Crippen LogP contribution in [0, 0.1) is 11.3 Å². The number of carbonyl (C=O) groups excluding carboxylic acids is 3. The highest BCUT2D eigenvalue weighted by Gasteiger charge is 2.31. The molecule has 0 fully saturated rings. The fraction of sp³-hybridized carbons (Fsp3) is 0.519. The van der Waals surface area contributed by atoms with Crippen molar-refractivity contribution in [2.24, 2.45) is 11.3 Å². The van der Waals surface area contributed by atoms with Crippen LogP contribution in [0.15, 0.2) is 55.6 Å². The van der Waals surface area contributed by atoms with Crippen molar-refractivity contribution in [1.82, 2.24) is 10.2 Å². The fourth-order valence-corrected chi connectivity index (χ4v) is 3.31. The number of aliphatic hydroxyl groups excluding tert-OH is 1. The Bertz CT molecular complexity index is 801. The minimum Gasteiger partial charge on any atom is -0.463 e. The maximum absolute atomic E-state index is 13.1. The van der Waals surface area contributed by atoms with Crippen LogP contribution in [0.2, 0.25) is 0 Å². The number of nitrogens with one attached hydrogen (secondary N) is 1. The molecule has 0 aromatic heterocycles. The lowest BCUT2D eigenvalue weighted by atomic mass is 9.86. The molecule has 2 atom stereocenters. The average Bonchev–Trinajstić information content (AvgIpc) is 2.79. The zero-order valence-corrected chi connectivity index (χ0v) is 20.8. The molecule has 2 N–H and O–H groups in total. The number of amides is 2. The van der Waals surface area contributed by atoms with E-state index in [0.717, 1.165) is 5.56 Å². The first-order valence-electron chi connectivity index (χ1n) is 11.7. The van der Waals surface area contributed by atoms with E-state index in [-0.39, 0.29) is 55.8 Å². The van der Waals surface area contributed by atoms with Gasteiger partial charge < -0.3 is 20.1 Å². The number of carbonyl (C=O) groups is 3. The first kappa shape index (κ1) is 29.1. The number of hydrogen-bond donors (Lipinski definition) is 2. The lowest BCUT2D eigenvalue weighted by Gasteiger charge is -2.32. The van der Waals surface area contributed by atoms with Crippen LogP contribution in [0.25, 0.3) is 0 Å². The van der Waals surface area contributed by atoms with Crippen molar-refractivity contribution in [2.75, 3.05) is 19.8 Å². The Morgan fingerprint density at radius 3 is 2.38 bits per heavy atom. The monoisotopic (exact) mass is 472 g/mol. The molecule has 2 amide bonds. The van der Waals surface area contributed by atoms with E-state index in [1.807, 2.05) is 51.1 Å². The van der Waals surface area contributed by atoms with Crippen molar-refractivity contribution in [2.45, 2.75) is 59.0 Å². The third-order valence-corrected chi connectivity index (χ3v) is 5.51. The normalized spacial score (nSPS) is 12.8. The molecule has 7 heteroatoms. The van der Waals surface area contributed by atoms with Crippen LogP contribution in [0.4, 0.5) is 0 Å². The second-order valence-corrected chi connectivity index (χ2v) is 9.39. The molecule has 0 saturated carbocycles. The van der Waals surface area contributed by atoms with E-state index >= 15 is 0 Å². The van der Waals surface area contributed by atoms with Crippen molar-refractivity contribution in [1.29, 1.82) is 0 Å². The topological polar surface area (TPSA) is 95.9 Å². The summed E-state index contributed by atoms with van der Waals surface area (Å²) in [5.41, 5.74) is 0.577. The van der Waals surface area contributed by atoms with Crippen LogP contribution in [-0.2, 0) is 25.7 Å². The molecule has 0 heterocycles. The molecule has 0 radical (unpaired) electrons. The molecule has 0 spiro atoms. The van der Waals surface area contributed by atoms with Gasteiger partial charge in [-0.05, 0) is 23.8 Å². The van der Waals surface area contributed by atoms with Gasteiger partial charge in [0, 0.05) is 25.9 Å². The predicted molar refractivity (Wildman–Crippen MR) is 134 cm³/mol. The van der Waals surface area contributed by atoms with Gasteiger partial charge in [-0.2, -0.15) is 0 Å². The second kappa shape index (κ2) is 15.1. The highest BCUT2D eigenvalue weighted by molar-refractivity contribution is 5.86. The van der Waals surface area contributed by atoms with Crippen molar-refractivity contribution in [3.8, 4) is 0 Å². The lowest BCUT2D eigenvalue weighted by Crippen LogP contribution is -2.49. The minimum atomic E-state index is -0.622. The molecule has 0 aliphatic heterocycles. The van der Waals surface area contributed by atoms with Crippen LogP contribution in [0.1, 0.15) is 52.0 Å². The quantitative estimate of drug-likeness (QED) is 0.300. The number of esters is 1. The van der Waals surface area contributed by atoms with Crippen molar-refractivity contribution >= 4 is 17.8 Å². The highest BCUT2D eigenvalue weighted by atomic mass is 16.5. The summed E-state index contributed by atoms with van der Waals surface area (Å²) in [4.78, 5) is 39.7. The Hall–Kier alpha value is -2.93. The molecule has 0 saturated heterocycles. The van der Waals surface area contributed by atoms with E-state index < -0.39 is 12.0 Å². The van der Waals surface area contributed by atoms with E-state index in [9.17, 15) is 19.5 Å². The van der Waals surface area contributed by atoms with Crippen molar-refractivity contribution in [3.05, 3.63) is 61.2 Å². The molecule has 1 aromatic rings. The Kier molecular flexibility index (Phi) is 12.9. The van der Waals surface area contributed by atoms with Gasteiger partial charge in [-0.25, -0.2) is 0 Å². The van der Waals surface area contributed by atoms with Gasteiger partial charge in [-0.3, -0.25) is 14.4 Å². The minimum absolute atomic E-state index is 0.0132. The number of ether oxygens (including phenoxy) is 1. The maximum atomic E-state index is 13.1. The van der Waals surface area contributed by atoms with Crippen molar-refractivity contribution < 1.29 is 24.2 Å². The molecule has 0 bridgehead atoms. The molecular formula is C27H40N2O5. The summed E-state index contributed by atoms with van der Waals surface area (Å²) >= 11 is 0. The molecular weight excluding hydrogens is 432 g/mol. The van der Waals surface area contributed by atoms with E-state index in [1.165, 1.54) is 0 Å². The van der Waals surface area contributed by atoms with Crippen LogP contribution in [0.5, 0.6) is 0 Å². The first-order chi connectivity index (χ1) is 16.1. The Balaban J connectivity index is 2.86. The van der Waals surface area contributed by atoms with E-state index in [1.54, 1.807) is 17.1 Å².